The number of esters is 1. The van der Waals surface area contributed by atoms with Gasteiger partial charge in [0.25, 0.3) is 0 Å². The molecule has 0 aliphatic heterocycles. The molecule has 5 nitrogen and oxygen atoms in total. The van der Waals surface area contributed by atoms with Gasteiger partial charge in [0.15, 0.2) is 11.5 Å². The quantitative estimate of drug-likeness (QED) is 0.683. The number of halogens is 2. The highest BCUT2D eigenvalue weighted by Crippen LogP contribution is 2.23. The number of aromatic nitrogens is 3. The van der Waals surface area contributed by atoms with Gasteiger partial charge in [-0.15, -0.1) is 10.2 Å². The second kappa shape index (κ2) is 5.14. The lowest BCUT2D eigenvalue weighted by Gasteiger charge is -2.03. The molecule has 0 saturated carbocycles. The Morgan fingerprint density at radius 1 is 1.29 bits per heavy atom. The van der Waals surface area contributed by atoms with E-state index in [1.807, 2.05) is 0 Å². The molecule has 106 valence electrons. The van der Waals surface area contributed by atoms with Gasteiger partial charge >= 0.3 is 5.97 Å². The van der Waals surface area contributed by atoms with E-state index in [0.29, 0.717) is 22.6 Å². The van der Waals surface area contributed by atoms with Crippen molar-refractivity contribution in [1.29, 1.82) is 0 Å². The molecule has 0 fully saturated rings. The molecule has 1 aromatic carbocycles. The van der Waals surface area contributed by atoms with Gasteiger partial charge in [-0.05, 0) is 30.3 Å². The van der Waals surface area contributed by atoms with Crippen molar-refractivity contribution in [1.82, 2.24) is 14.6 Å². The molecular weight excluding hydrogens is 297 g/mol. The number of pyridine rings is 1. The van der Waals surface area contributed by atoms with Crippen LogP contribution in [-0.4, -0.2) is 27.7 Å². The van der Waals surface area contributed by atoms with E-state index in [1.165, 1.54) is 19.2 Å². The van der Waals surface area contributed by atoms with E-state index in [-0.39, 0.29) is 5.02 Å². The number of carbonyl (C=O) groups is 1. The number of fused-ring (bicyclic) bond motifs is 1. The highest BCUT2D eigenvalue weighted by molar-refractivity contribution is 6.30. The van der Waals surface area contributed by atoms with Gasteiger partial charge in [-0.1, -0.05) is 11.6 Å². The van der Waals surface area contributed by atoms with Crippen LogP contribution in [0.2, 0.25) is 5.02 Å². The minimum absolute atomic E-state index is 0.0304. The summed E-state index contributed by atoms with van der Waals surface area (Å²) in [7, 11) is 1.30. The van der Waals surface area contributed by atoms with E-state index < -0.39 is 11.8 Å². The van der Waals surface area contributed by atoms with E-state index >= 15 is 0 Å². The lowest BCUT2D eigenvalue weighted by molar-refractivity contribution is 0.0600. The molecule has 0 spiro atoms. The average Bonchev–Trinajstić information content (AvgIpc) is 2.92. The van der Waals surface area contributed by atoms with Crippen LogP contribution in [0.15, 0.2) is 36.5 Å². The highest BCUT2D eigenvalue weighted by Gasteiger charge is 2.13. The second-order valence-electron chi connectivity index (χ2n) is 4.29. The van der Waals surface area contributed by atoms with Crippen molar-refractivity contribution in [3.05, 3.63) is 52.9 Å². The summed E-state index contributed by atoms with van der Waals surface area (Å²) in [4.78, 5) is 11.6. The molecule has 0 aliphatic rings. The van der Waals surface area contributed by atoms with Crippen molar-refractivity contribution in [2.24, 2.45) is 0 Å². The Labute approximate surface area is 123 Å². The predicted octanol–water partition coefficient (Wildman–Crippen LogP) is 2.98. The number of carbonyl (C=O) groups excluding carboxylic acids is 1. The number of benzene rings is 1. The third-order valence-electron chi connectivity index (χ3n) is 3.00. The predicted molar refractivity (Wildman–Crippen MR) is 74.7 cm³/mol. The van der Waals surface area contributed by atoms with Crippen LogP contribution < -0.4 is 0 Å². The van der Waals surface area contributed by atoms with Gasteiger partial charge in [0.2, 0.25) is 0 Å². The van der Waals surface area contributed by atoms with E-state index in [1.54, 1.807) is 28.8 Å². The molecule has 0 saturated heterocycles. The van der Waals surface area contributed by atoms with Crippen molar-refractivity contribution in [3.63, 3.8) is 0 Å². The first-order valence-corrected chi connectivity index (χ1v) is 6.36. The molecule has 0 aliphatic carbocycles. The van der Waals surface area contributed by atoms with Gasteiger partial charge in [-0.25, -0.2) is 9.18 Å². The fraction of sp³-hybridized carbons (Fsp3) is 0.0714. The number of methoxy groups -OCH3 is 1. The van der Waals surface area contributed by atoms with Gasteiger partial charge in [-0.2, -0.15) is 0 Å². The van der Waals surface area contributed by atoms with Crippen LogP contribution in [0, 0.1) is 5.82 Å². The summed E-state index contributed by atoms with van der Waals surface area (Å²) in [5.74, 6) is -0.611. The van der Waals surface area contributed by atoms with E-state index in [4.69, 9.17) is 11.6 Å². The monoisotopic (exact) mass is 305 g/mol. The minimum Gasteiger partial charge on any atom is -0.465 e. The summed E-state index contributed by atoms with van der Waals surface area (Å²) in [6.07, 6.45) is 1.54. The third kappa shape index (κ3) is 2.34. The summed E-state index contributed by atoms with van der Waals surface area (Å²) in [6.45, 7) is 0. The largest absolute Gasteiger partial charge is 0.465 e. The van der Waals surface area contributed by atoms with Crippen molar-refractivity contribution in [3.8, 4) is 11.4 Å². The summed E-state index contributed by atoms with van der Waals surface area (Å²) >= 11 is 5.67. The number of ether oxygens (including phenoxy) is 1. The smallest absolute Gasteiger partial charge is 0.339 e. The SMILES string of the molecule is COC(=O)c1ccc2nnc(-c3ccc(Cl)c(F)c3)n2c1. The zero-order valence-electron chi connectivity index (χ0n) is 10.9. The molecule has 2 aromatic heterocycles. The zero-order valence-corrected chi connectivity index (χ0v) is 11.6. The van der Waals surface area contributed by atoms with Gasteiger partial charge < -0.3 is 4.74 Å². The first-order valence-electron chi connectivity index (χ1n) is 5.98. The Hall–Kier alpha value is -2.47. The van der Waals surface area contributed by atoms with Gasteiger partial charge in [0, 0.05) is 11.8 Å². The van der Waals surface area contributed by atoms with Crippen LogP contribution in [-0.2, 0) is 4.74 Å². The lowest BCUT2D eigenvalue weighted by atomic mass is 10.2. The zero-order chi connectivity index (χ0) is 15.0. The Kier molecular flexibility index (Phi) is 3.31. The van der Waals surface area contributed by atoms with Crippen LogP contribution in [0.5, 0.6) is 0 Å². The second-order valence-corrected chi connectivity index (χ2v) is 4.70. The Morgan fingerprint density at radius 3 is 2.81 bits per heavy atom. The molecule has 7 heteroatoms. The molecule has 0 amide bonds. The maximum absolute atomic E-state index is 13.6. The summed E-state index contributed by atoms with van der Waals surface area (Å²) in [5, 5.41) is 8.02. The third-order valence-corrected chi connectivity index (χ3v) is 3.31. The maximum atomic E-state index is 13.6. The van der Waals surface area contributed by atoms with Crippen molar-refractivity contribution >= 4 is 23.2 Å². The summed E-state index contributed by atoms with van der Waals surface area (Å²) in [5.41, 5.74) is 1.39. The van der Waals surface area contributed by atoms with Gasteiger partial charge in [0.05, 0.1) is 17.7 Å². The first-order chi connectivity index (χ1) is 10.1. The Bertz CT molecular complexity index is 847. The summed E-state index contributed by atoms with van der Waals surface area (Å²) in [6, 6.07) is 7.56. The van der Waals surface area contributed by atoms with E-state index in [9.17, 15) is 9.18 Å². The topological polar surface area (TPSA) is 56.5 Å². The van der Waals surface area contributed by atoms with Crippen molar-refractivity contribution in [2.45, 2.75) is 0 Å². The van der Waals surface area contributed by atoms with Crippen molar-refractivity contribution in [2.75, 3.05) is 7.11 Å². The molecular formula is C14H9ClFN3O2. The molecule has 0 N–H and O–H groups in total. The maximum Gasteiger partial charge on any atom is 0.339 e. The van der Waals surface area contributed by atoms with Gasteiger partial charge in [0.1, 0.15) is 5.82 Å². The molecule has 3 aromatic rings. The average molecular weight is 306 g/mol. The highest BCUT2D eigenvalue weighted by atomic mass is 35.5. The van der Waals surface area contributed by atoms with E-state index in [0.717, 1.165) is 0 Å². The molecule has 0 radical (unpaired) electrons. The van der Waals surface area contributed by atoms with Crippen LogP contribution in [0.4, 0.5) is 4.39 Å². The van der Waals surface area contributed by atoms with Crippen LogP contribution in [0.3, 0.4) is 0 Å². The minimum atomic E-state index is -0.546. The van der Waals surface area contributed by atoms with E-state index in [2.05, 4.69) is 14.9 Å². The molecule has 3 rings (SSSR count). The molecule has 0 bridgehead atoms. The number of hydrogen-bond donors (Lipinski definition) is 0. The summed E-state index contributed by atoms with van der Waals surface area (Å²) < 4.78 is 19.8. The fourth-order valence-electron chi connectivity index (χ4n) is 1.96. The molecule has 2 heterocycles. The Morgan fingerprint density at radius 2 is 2.10 bits per heavy atom. The number of nitrogens with zero attached hydrogens (tertiary/aromatic N) is 3. The van der Waals surface area contributed by atoms with Crippen LogP contribution in [0.1, 0.15) is 10.4 Å². The van der Waals surface area contributed by atoms with Gasteiger partial charge in [-0.3, -0.25) is 4.40 Å². The lowest BCUT2D eigenvalue weighted by Crippen LogP contribution is -2.03. The first kappa shape index (κ1) is 13.5. The van der Waals surface area contributed by atoms with Crippen molar-refractivity contribution < 1.29 is 13.9 Å². The number of rotatable bonds is 2. The normalized spacial score (nSPS) is 10.8. The molecule has 0 unspecified atom stereocenters. The standard InChI is InChI=1S/C14H9ClFN3O2/c1-21-14(20)9-3-5-12-17-18-13(19(12)7-9)8-2-4-10(15)11(16)6-8/h2-7H,1H3. The molecule has 21 heavy (non-hydrogen) atoms. The Balaban J connectivity index is 2.18. The number of hydrogen-bond acceptors (Lipinski definition) is 4. The molecule has 0 atom stereocenters. The van der Waals surface area contributed by atoms with Crippen LogP contribution in [0.25, 0.3) is 17.0 Å². The van der Waals surface area contributed by atoms with Crippen LogP contribution >= 0.6 is 11.6 Å². The fourth-order valence-corrected chi connectivity index (χ4v) is 2.08.